The Bertz CT molecular complexity index is 285. The van der Waals surface area contributed by atoms with Gasteiger partial charge in [-0.05, 0) is 19.4 Å². The van der Waals surface area contributed by atoms with Crippen LogP contribution in [0, 0.1) is 0 Å². The normalized spacial score (nSPS) is 13.6. The molecule has 0 aliphatic carbocycles. The van der Waals surface area contributed by atoms with Crippen molar-refractivity contribution in [2.75, 3.05) is 0 Å². The summed E-state index contributed by atoms with van der Waals surface area (Å²) in [6.45, 7) is 10.8. The fourth-order valence-corrected chi connectivity index (χ4v) is 1.02. The summed E-state index contributed by atoms with van der Waals surface area (Å²) in [6.07, 6.45) is 9.01. The summed E-state index contributed by atoms with van der Waals surface area (Å²) >= 11 is 0. The predicted octanol–water partition coefficient (Wildman–Crippen LogP) is 3.18. The zero-order chi connectivity index (χ0) is 11.7. The number of carbonyl (C=O) groups is 1. The number of allylic oxidation sites excluding steroid dienone is 3. The molecular formula is C13H18O2. The molecule has 1 atom stereocenters. The van der Waals surface area contributed by atoms with Crippen LogP contribution in [-0.2, 0) is 9.53 Å². The van der Waals surface area contributed by atoms with E-state index in [1.165, 1.54) is 6.08 Å². The topological polar surface area (TPSA) is 26.3 Å². The minimum absolute atomic E-state index is 0.246. The SMILES string of the molecule is C=CCC(OC(=O)C=C)/C(C)=C/C=C\C. The van der Waals surface area contributed by atoms with Gasteiger partial charge in [-0.2, -0.15) is 0 Å². The van der Waals surface area contributed by atoms with Gasteiger partial charge in [0.05, 0.1) is 0 Å². The summed E-state index contributed by atoms with van der Waals surface area (Å²) in [6, 6.07) is 0. The number of esters is 1. The Balaban J connectivity index is 4.56. The summed E-state index contributed by atoms with van der Waals surface area (Å²) < 4.78 is 5.17. The highest BCUT2D eigenvalue weighted by Gasteiger charge is 2.12. The standard InChI is InChI=1S/C13H18O2/c1-5-8-10-11(4)12(9-6-2)15-13(14)7-3/h5-8,10,12H,2-3,9H2,1,4H3/b8-5-,11-10+. The van der Waals surface area contributed by atoms with Crippen molar-refractivity contribution in [2.45, 2.75) is 26.4 Å². The van der Waals surface area contributed by atoms with Gasteiger partial charge in [-0.25, -0.2) is 4.79 Å². The van der Waals surface area contributed by atoms with Gasteiger partial charge >= 0.3 is 5.97 Å². The van der Waals surface area contributed by atoms with Crippen LogP contribution >= 0.6 is 0 Å². The number of rotatable bonds is 6. The van der Waals surface area contributed by atoms with Crippen LogP contribution in [-0.4, -0.2) is 12.1 Å². The first-order valence-corrected chi connectivity index (χ1v) is 4.89. The molecule has 0 amide bonds. The first-order valence-electron chi connectivity index (χ1n) is 4.89. The Kier molecular flexibility index (Phi) is 6.98. The molecule has 0 aromatic carbocycles. The van der Waals surface area contributed by atoms with E-state index in [0.29, 0.717) is 6.42 Å². The van der Waals surface area contributed by atoms with Gasteiger partial charge in [-0.15, -0.1) is 6.58 Å². The van der Waals surface area contributed by atoms with Crippen molar-refractivity contribution in [3.8, 4) is 0 Å². The maximum Gasteiger partial charge on any atom is 0.330 e. The number of hydrogen-bond donors (Lipinski definition) is 0. The molecule has 0 spiro atoms. The van der Waals surface area contributed by atoms with Crippen molar-refractivity contribution in [3.63, 3.8) is 0 Å². The highest BCUT2D eigenvalue weighted by Crippen LogP contribution is 2.11. The van der Waals surface area contributed by atoms with Crippen molar-refractivity contribution in [1.29, 1.82) is 0 Å². The molecule has 82 valence electrons. The molecule has 0 aliphatic rings. The Hall–Kier alpha value is -1.57. The van der Waals surface area contributed by atoms with Gasteiger partial charge in [0.15, 0.2) is 0 Å². The lowest BCUT2D eigenvalue weighted by Gasteiger charge is -2.15. The molecule has 0 radical (unpaired) electrons. The van der Waals surface area contributed by atoms with Crippen molar-refractivity contribution >= 4 is 5.97 Å². The van der Waals surface area contributed by atoms with Crippen molar-refractivity contribution in [3.05, 3.63) is 49.1 Å². The van der Waals surface area contributed by atoms with Crippen molar-refractivity contribution in [2.24, 2.45) is 0 Å². The summed E-state index contributed by atoms with van der Waals surface area (Å²) in [5.41, 5.74) is 0.989. The van der Waals surface area contributed by atoms with E-state index in [2.05, 4.69) is 13.2 Å². The van der Waals surface area contributed by atoms with E-state index in [4.69, 9.17) is 4.74 Å². The first-order chi connectivity index (χ1) is 7.15. The Morgan fingerprint density at radius 1 is 1.47 bits per heavy atom. The van der Waals surface area contributed by atoms with Gasteiger partial charge in [0, 0.05) is 12.5 Å². The average Bonchev–Trinajstić information content (AvgIpc) is 2.24. The zero-order valence-electron chi connectivity index (χ0n) is 9.40. The lowest BCUT2D eigenvalue weighted by molar-refractivity contribution is -0.141. The molecule has 0 fully saturated rings. The maximum atomic E-state index is 11.1. The second kappa shape index (κ2) is 7.80. The molecule has 0 saturated heterocycles. The molecule has 0 aliphatic heterocycles. The minimum atomic E-state index is -0.407. The highest BCUT2D eigenvalue weighted by molar-refractivity contribution is 5.81. The van der Waals surface area contributed by atoms with Gasteiger partial charge in [-0.3, -0.25) is 0 Å². The predicted molar refractivity (Wildman–Crippen MR) is 63.5 cm³/mol. The molecule has 0 bridgehead atoms. The monoisotopic (exact) mass is 206 g/mol. The van der Waals surface area contributed by atoms with Crippen LogP contribution in [0.1, 0.15) is 20.3 Å². The van der Waals surface area contributed by atoms with E-state index in [9.17, 15) is 4.79 Å². The van der Waals surface area contributed by atoms with Crippen LogP contribution in [0.25, 0.3) is 0 Å². The van der Waals surface area contributed by atoms with Crippen LogP contribution in [0.3, 0.4) is 0 Å². The van der Waals surface area contributed by atoms with Crippen LogP contribution in [0.2, 0.25) is 0 Å². The largest absolute Gasteiger partial charge is 0.454 e. The quantitative estimate of drug-likeness (QED) is 0.289. The van der Waals surface area contributed by atoms with E-state index in [-0.39, 0.29) is 6.10 Å². The minimum Gasteiger partial charge on any atom is -0.454 e. The van der Waals surface area contributed by atoms with Gasteiger partial charge in [0.1, 0.15) is 6.10 Å². The Labute approximate surface area is 91.6 Å². The fraction of sp³-hybridized carbons (Fsp3) is 0.308. The molecule has 0 N–H and O–H groups in total. The molecule has 15 heavy (non-hydrogen) atoms. The molecule has 0 aromatic rings. The second-order valence-corrected chi connectivity index (χ2v) is 3.09. The highest BCUT2D eigenvalue weighted by atomic mass is 16.5. The number of ether oxygens (including phenoxy) is 1. The maximum absolute atomic E-state index is 11.1. The van der Waals surface area contributed by atoms with Crippen molar-refractivity contribution < 1.29 is 9.53 Å². The van der Waals surface area contributed by atoms with E-state index in [1.807, 2.05) is 32.1 Å². The second-order valence-electron chi connectivity index (χ2n) is 3.09. The van der Waals surface area contributed by atoms with Crippen LogP contribution in [0.4, 0.5) is 0 Å². The summed E-state index contributed by atoms with van der Waals surface area (Å²) in [5.74, 6) is -0.407. The Morgan fingerprint density at radius 3 is 2.60 bits per heavy atom. The zero-order valence-corrected chi connectivity index (χ0v) is 9.40. The Morgan fingerprint density at radius 2 is 2.13 bits per heavy atom. The first kappa shape index (κ1) is 13.4. The van der Waals surface area contributed by atoms with E-state index < -0.39 is 5.97 Å². The van der Waals surface area contributed by atoms with E-state index in [1.54, 1.807) is 6.08 Å². The summed E-state index contributed by atoms with van der Waals surface area (Å²) in [5, 5.41) is 0. The lowest BCUT2D eigenvalue weighted by atomic mass is 10.1. The third-order valence-corrected chi connectivity index (χ3v) is 1.87. The number of carbonyl (C=O) groups excluding carboxylic acids is 1. The number of hydrogen-bond acceptors (Lipinski definition) is 2. The van der Waals surface area contributed by atoms with E-state index >= 15 is 0 Å². The van der Waals surface area contributed by atoms with Crippen molar-refractivity contribution in [1.82, 2.24) is 0 Å². The van der Waals surface area contributed by atoms with Gasteiger partial charge in [-0.1, -0.05) is 30.9 Å². The molecular weight excluding hydrogens is 188 g/mol. The third-order valence-electron chi connectivity index (χ3n) is 1.87. The molecule has 2 nitrogen and oxygen atoms in total. The van der Waals surface area contributed by atoms with Crippen LogP contribution in [0.15, 0.2) is 49.1 Å². The van der Waals surface area contributed by atoms with Crippen LogP contribution in [0.5, 0.6) is 0 Å². The fourth-order valence-electron chi connectivity index (χ4n) is 1.02. The molecule has 0 saturated carbocycles. The molecule has 0 aromatic heterocycles. The van der Waals surface area contributed by atoms with Gasteiger partial charge < -0.3 is 4.74 Å². The van der Waals surface area contributed by atoms with E-state index in [0.717, 1.165) is 5.57 Å². The summed E-state index contributed by atoms with van der Waals surface area (Å²) in [7, 11) is 0. The molecule has 1 unspecified atom stereocenters. The smallest absolute Gasteiger partial charge is 0.330 e. The van der Waals surface area contributed by atoms with Gasteiger partial charge in [0.25, 0.3) is 0 Å². The van der Waals surface area contributed by atoms with Crippen LogP contribution < -0.4 is 0 Å². The summed E-state index contributed by atoms with van der Waals surface area (Å²) in [4.78, 5) is 11.1. The molecule has 0 heterocycles. The molecule has 2 heteroatoms. The third kappa shape index (κ3) is 5.68. The average molecular weight is 206 g/mol. The van der Waals surface area contributed by atoms with Gasteiger partial charge in [0.2, 0.25) is 0 Å². The lowest BCUT2D eigenvalue weighted by Crippen LogP contribution is -2.17. The molecule has 0 rings (SSSR count).